The van der Waals surface area contributed by atoms with Crippen molar-refractivity contribution in [2.24, 2.45) is 5.92 Å². The zero-order chi connectivity index (χ0) is 10.0. The van der Waals surface area contributed by atoms with Crippen LogP contribution < -0.4 is 0 Å². The highest BCUT2D eigenvalue weighted by Gasteiger charge is 2.51. The van der Waals surface area contributed by atoms with Crippen LogP contribution in [0.25, 0.3) is 0 Å². The van der Waals surface area contributed by atoms with Gasteiger partial charge in [-0.1, -0.05) is 13.3 Å². The van der Waals surface area contributed by atoms with Crippen LogP contribution in [0.4, 0.5) is 0 Å². The van der Waals surface area contributed by atoms with Crippen molar-refractivity contribution >= 4 is 0 Å². The van der Waals surface area contributed by atoms with Crippen LogP contribution in [0.1, 0.15) is 38.4 Å². The first-order valence-corrected chi connectivity index (χ1v) is 5.49. The molecule has 2 heteroatoms. The number of aryl methyl sites for hydroxylation is 1. The Morgan fingerprint density at radius 1 is 1.64 bits per heavy atom. The van der Waals surface area contributed by atoms with Crippen LogP contribution in [-0.4, -0.2) is 10.7 Å². The standard InChI is InChI=1S/C12H18O2/c1-2-4-10-9-12(10,13)7-6-11-5-3-8-14-11/h3,5,8,10,13H,2,4,6-7,9H2,1H3. The van der Waals surface area contributed by atoms with E-state index in [1.807, 2.05) is 12.1 Å². The predicted molar refractivity (Wildman–Crippen MR) is 55.0 cm³/mol. The molecule has 2 atom stereocenters. The number of rotatable bonds is 5. The molecule has 1 fully saturated rings. The number of aliphatic hydroxyl groups is 1. The minimum Gasteiger partial charge on any atom is -0.469 e. The van der Waals surface area contributed by atoms with Gasteiger partial charge in [-0.3, -0.25) is 0 Å². The fourth-order valence-electron chi connectivity index (χ4n) is 2.19. The Morgan fingerprint density at radius 2 is 2.50 bits per heavy atom. The molecular weight excluding hydrogens is 176 g/mol. The maximum absolute atomic E-state index is 10.1. The van der Waals surface area contributed by atoms with Gasteiger partial charge >= 0.3 is 0 Å². The van der Waals surface area contributed by atoms with Crippen molar-refractivity contribution in [3.8, 4) is 0 Å². The molecular formula is C12H18O2. The summed E-state index contributed by atoms with van der Waals surface area (Å²) in [5.41, 5.74) is -0.372. The third-order valence-electron chi connectivity index (χ3n) is 3.22. The van der Waals surface area contributed by atoms with Crippen LogP contribution in [0, 0.1) is 5.92 Å². The van der Waals surface area contributed by atoms with Crippen molar-refractivity contribution in [2.45, 2.75) is 44.6 Å². The zero-order valence-corrected chi connectivity index (χ0v) is 8.70. The number of hydrogen-bond acceptors (Lipinski definition) is 2. The van der Waals surface area contributed by atoms with Gasteiger partial charge in [0.05, 0.1) is 11.9 Å². The molecule has 1 aliphatic rings. The Morgan fingerprint density at radius 3 is 3.14 bits per heavy atom. The van der Waals surface area contributed by atoms with E-state index < -0.39 is 0 Å². The van der Waals surface area contributed by atoms with Crippen molar-refractivity contribution in [1.29, 1.82) is 0 Å². The summed E-state index contributed by atoms with van der Waals surface area (Å²) in [7, 11) is 0. The quantitative estimate of drug-likeness (QED) is 0.781. The second-order valence-corrected chi connectivity index (χ2v) is 4.37. The molecule has 78 valence electrons. The Balaban J connectivity index is 1.77. The van der Waals surface area contributed by atoms with Gasteiger partial charge < -0.3 is 9.52 Å². The van der Waals surface area contributed by atoms with E-state index in [1.165, 1.54) is 6.42 Å². The molecule has 0 saturated heterocycles. The Kier molecular flexibility index (Phi) is 2.64. The van der Waals surface area contributed by atoms with Crippen LogP contribution in [0.3, 0.4) is 0 Å². The van der Waals surface area contributed by atoms with Crippen LogP contribution in [-0.2, 0) is 6.42 Å². The monoisotopic (exact) mass is 194 g/mol. The number of hydrogen-bond donors (Lipinski definition) is 1. The molecule has 14 heavy (non-hydrogen) atoms. The maximum atomic E-state index is 10.1. The van der Waals surface area contributed by atoms with Gasteiger partial charge in [0.15, 0.2) is 0 Å². The number of furan rings is 1. The van der Waals surface area contributed by atoms with Gasteiger partial charge in [0, 0.05) is 6.42 Å². The highest BCUT2D eigenvalue weighted by Crippen LogP contribution is 2.49. The van der Waals surface area contributed by atoms with E-state index in [0.29, 0.717) is 5.92 Å². The summed E-state index contributed by atoms with van der Waals surface area (Å²) in [6.07, 6.45) is 6.73. The summed E-state index contributed by atoms with van der Waals surface area (Å²) in [5, 5.41) is 10.1. The molecule has 0 radical (unpaired) electrons. The molecule has 0 bridgehead atoms. The van der Waals surface area contributed by atoms with E-state index in [1.54, 1.807) is 6.26 Å². The first-order valence-electron chi connectivity index (χ1n) is 5.49. The van der Waals surface area contributed by atoms with Crippen molar-refractivity contribution < 1.29 is 9.52 Å². The largest absolute Gasteiger partial charge is 0.469 e. The average Bonchev–Trinajstić information content (AvgIpc) is 2.66. The molecule has 0 spiro atoms. The Labute approximate surface area is 84.9 Å². The second kappa shape index (κ2) is 3.77. The fourth-order valence-corrected chi connectivity index (χ4v) is 2.19. The maximum Gasteiger partial charge on any atom is 0.103 e. The van der Waals surface area contributed by atoms with Crippen molar-refractivity contribution in [3.63, 3.8) is 0 Å². The molecule has 1 saturated carbocycles. The van der Waals surface area contributed by atoms with E-state index in [0.717, 1.165) is 31.4 Å². The van der Waals surface area contributed by atoms with Crippen molar-refractivity contribution in [1.82, 2.24) is 0 Å². The minimum atomic E-state index is -0.372. The molecule has 0 aliphatic heterocycles. The molecule has 2 nitrogen and oxygen atoms in total. The van der Waals surface area contributed by atoms with E-state index in [4.69, 9.17) is 4.42 Å². The molecule has 1 aromatic heterocycles. The summed E-state index contributed by atoms with van der Waals surface area (Å²) < 4.78 is 5.24. The van der Waals surface area contributed by atoms with Gasteiger partial charge in [0.1, 0.15) is 5.76 Å². The smallest absolute Gasteiger partial charge is 0.103 e. The van der Waals surface area contributed by atoms with Crippen molar-refractivity contribution in [2.75, 3.05) is 0 Å². The normalized spacial score (nSPS) is 30.6. The van der Waals surface area contributed by atoms with E-state index in [2.05, 4.69) is 6.92 Å². The van der Waals surface area contributed by atoms with Crippen molar-refractivity contribution in [3.05, 3.63) is 24.2 Å². The third-order valence-corrected chi connectivity index (χ3v) is 3.22. The van der Waals surface area contributed by atoms with Gasteiger partial charge in [-0.15, -0.1) is 0 Å². The third kappa shape index (κ3) is 2.01. The van der Waals surface area contributed by atoms with E-state index in [-0.39, 0.29) is 5.60 Å². The van der Waals surface area contributed by atoms with Crippen LogP contribution in [0.15, 0.2) is 22.8 Å². The second-order valence-electron chi connectivity index (χ2n) is 4.37. The Bertz CT molecular complexity index is 279. The van der Waals surface area contributed by atoms with Gasteiger partial charge in [0.2, 0.25) is 0 Å². The van der Waals surface area contributed by atoms with Gasteiger partial charge in [0.25, 0.3) is 0 Å². The molecule has 1 aromatic rings. The summed E-state index contributed by atoms with van der Waals surface area (Å²) in [6, 6.07) is 3.87. The fraction of sp³-hybridized carbons (Fsp3) is 0.667. The lowest BCUT2D eigenvalue weighted by molar-refractivity contribution is 0.117. The molecule has 0 amide bonds. The average molecular weight is 194 g/mol. The highest BCUT2D eigenvalue weighted by molar-refractivity contribution is 5.06. The van der Waals surface area contributed by atoms with Crippen LogP contribution in [0.5, 0.6) is 0 Å². The minimum absolute atomic E-state index is 0.372. The lowest BCUT2D eigenvalue weighted by Crippen LogP contribution is -2.12. The lowest BCUT2D eigenvalue weighted by Gasteiger charge is -2.08. The summed E-state index contributed by atoms with van der Waals surface area (Å²) in [4.78, 5) is 0. The predicted octanol–water partition coefficient (Wildman–Crippen LogP) is 2.76. The molecule has 1 heterocycles. The first-order chi connectivity index (χ1) is 6.74. The zero-order valence-electron chi connectivity index (χ0n) is 8.70. The highest BCUT2D eigenvalue weighted by atomic mass is 16.3. The van der Waals surface area contributed by atoms with Gasteiger partial charge in [-0.2, -0.15) is 0 Å². The molecule has 2 unspecified atom stereocenters. The van der Waals surface area contributed by atoms with Crippen LogP contribution in [0.2, 0.25) is 0 Å². The van der Waals surface area contributed by atoms with Gasteiger partial charge in [-0.25, -0.2) is 0 Å². The summed E-state index contributed by atoms with van der Waals surface area (Å²) in [6.45, 7) is 2.17. The molecule has 2 rings (SSSR count). The van der Waals surface area contributed by atoms with Gasteiger partial charge in [-0.05, 0) is 37.3 Å². The van der Waals surface area contributed by atoms with E-state index >= 15 is 0 Å². The lowest BCUT2D eigenvalue weighted by atomic mass is 10.1. The first kappa shape index (κ1) is 9.78. The molecule has 0 aromatic carbocycles. The SMILES string of the molecule is CCCC1CC1(O)CCc1ccco1. The molecule has 1 N–H and O–H groups in total. The Hall–Kier alpha value is -0.760. The van der Waals surface area contributed by atoms with Crippen LogP contribution >= 0.6 is 0 Å². The topological polar surface area (TPSA) is 33.4 Å². The summed E-state index contributed by atoms with van der Waals surface area (Å²) in [5.74, 6) is 1.53. The van der Waals surface area contributed by atoms with E-state index in [9.17, 15) is 5.11 Å². The summed E-state index contributed by atoms with van der Waals surface area (Å²) >= 11 is 0. The molecule has 1 aliphatic carbocycles.